The van der Waals surface area contributed by atoms with Crippen LogP contribution in [0, 0.1) is 11.3 Å². The van der Waals surface area contributed by atoms with Crippen LogP contribution in [0.25, 0.3) is 0 Å². The first-order valence-corrected chi connectivity index (χ1v) is 5.99. The predicted molar refractivity (Wildman–Crippen MR) is 70.5 cm³/mol. The average molecular weight is 272 g/mol. The Bertz CT molecular complexity index is 790. The van der Waals surface area contributed by atoms with Crippen molar-refractivity contribution in [1.82, 2.24) is 14.1 Å². The molecule has 0 saturated carbocycles. The van der Waals surface area contributed by atoms with Crippen LogP contribution in [0.2, 0.25) is 0 Å². The molecular formula is C13H12N4O3. The van der Waals surface area contributed by atoms with Crippen molar-refractivity contribution in [2.75, 3.05) is 0 Å². The number of carbonyl (C=O) groups excluding carboxylic acids is 1. The normalized spacial score (nSPS) is 10.2. The smallest absolute Gasteiger partial charge is 0.331 e. The number of Topliss-reactive ketones (excluding diaryl/α,β-unsaturated/α-hetero) is 1. The van der Waals surface area contributed by atoms with Gasteiger partial charge in [0.05, 0.1) is 12.2 Å². The van der Waals surface area contributed by atoms with E-state index in [-0.39, 0.29) is 5.56 Å². The van der Waals surface area contributed by atoms with E-state index in [9.17, 15) is 14.4 Å². The molecule has 0 fully saturated rings. The third-order valence-corrected chi connectivity index (χ3v) is 2.90. The third-order valence-electron chi connectivity index (χ3n) is 2.90. The molecule has 0 aliphatic carbocycles. The van der Waals surface area contributed by atoms with Crippen molar-refractivity contribution >= 4 is 5.78 Å². The molecule has 0 aliphatic rings. The van der Waals surface area contributed by atoms with E-state index in [4.69, 9.17) is 5.26 Å². The van der Waals surface area contributed by atoms with Gasteiger partial charge in [-0.1, -0.05) is 0 Å². The van der Waals surface area contributed by atoms with E-state index in [2.05, 4.69) is 4.98 Å². The molecule has 0 bridgehead atoms. The predicted octanol–water partition coefficient (Wildman–Crippen LogP) is 0.113. The summed E-state index contributed by atoms with van der Waals surface area (Å²) in [4.78, 5) is 38.7. The average Bonchev–Trinajstić information content (AvgIpc) is 2.98. The van der Waals surface area contributed by atoms with E-state index in [0.717, 1.165) is 4.57 Å². The Morgan fingerprint density at radius 1 is 1.45 bits per heavy atom. The molecule has 0 radical (unpaired) electrons. The number of nitrogens with one attached hydrogen (secondary N) is 1. The van der Waals surface area contributed by atoms with Gasteiger partial charge in [-0.15, -0.1) is 0 Å². The van der Waals surface area contributed by atoms with Crippen molar-refractivity contribution in [3.63, 3.8) is 0 Å². The van der Waals surface area contributed by atoms with Crippen LogP contribution in [0.4, 0.5) is 0 Å². The summed E-state index contributed by atoms with van der Waals surface area (Å²) < 4.78 is 2.01. The third kappa shape index (κ3) is 2.31. The van der Waals surface area contributed by atoms with Gasteiger partial charge in [0.15, 0.2) is 5.78 Å². The van der Waals surface area contributed by atoms with Crippen molar-refractivity contribution in [3.8, 4) is 6.07 Å². The van der Waals surface area contributed by atoms with Gasteiger partial charge in [-0.2, -0.15) is 5.26 Å². The van der Waals surface area contributed by atoms with Crippen molar-refractivity contribution in [2.45, 2.75) is 20.0 Å². The van der Waals surface area contributed by atoms with E-state index in [1.807, 2.05) is 0 Å². The van der Waals surface area contributed by atoms with Crippen molar-refractivity contribution < 1.29 is 4.79 Å². The number of nitriles is 1. The van der Waals surface area contributed by atoms with Gasteiger partial charge in [0.2, 0.25) is 0 Å². The second-order valence-electron chi connectivity index (χ2n) is 4.12. The van der Waals surface area contributed by atoms with Gasteiger partial charge in [-0.25, -0.2) is 4.79 Å². The number of hydrogen-bond donors (Lipinski definition) is 1. The fourth-order valence-corrected chi connectivity index (χ4v) is 1.83. The maximum Gasteiger partial charge on any atom is 0.331 e. The zero-order valence-electron chi connectivity index (χ0n) is 10.8. The Kier molecular flexibility index (Phi) is 3.66. The number of ketones is 1. The summed E-state index contributed by atoms with van der Waals surface area (Å²) in [6, 6.07) is 4.93. The summed E-state index contributed by atoms with van der Waals surface area (Å²) in [5.74, 6) is -0.396. The summed E-state index contributed by atoms with van der Waals surface area (Å²) in [5, 5.41) is 8.90. The van der Waals surface area contributed by atoms with Crippen molar-refractivity contribution in [1.29, 1.82) is 5.26 Å². The van der Waals surface area contributed by atoms with Crippen LogP contribution in [0.5, 0.6) is 0 Å². The van der Waals surface area contributed by atoms with Crippen LogP contribution >= 0.6 is 0 Å². The van der Waals surface area contributed by atoms with Crippen LogP contribution in [-0.4, -0.2) is 19.9 Å². The fourth-order valence-electron chi connectivity index (χ4n) is 1.83. The number of hydrogen-bond acceptors (Lipinski definition) is 4. The minimum Gasteiger partial charge on any atom is -0.359 e. The Hall–Kier alpha value is -2.88. The zero-order chi connectivity index (χ0) is 14.7. The first kappa shape index (κ1) is 13.5. The molecule has 2 heterocycles. The summed E-state index contributed by atoms with van der Waals surface area (Å²) in [6.07, 6.45) is 2.78. The number of aromatic amines is 1. The zero-order valence-corrected chi connectivity index (χ0v) is 10.8. The van der Waals surface area contributed by atoms with Gasteiger partial charge >= 0.3 is 5.69 Å². The monoisotopic (exact) mass is 272 g/mol. The Morgan fingerprint density at radius 2 is 2.20 bits per heavy atom. The minimum absolute atomic E-state index is 0.161. The van der Waals surface area contributed by atoms with E-state index < -0.39 is 23.6 Å². The number of nitrogens with zero attached hydrogens (tertiary/aromatic N) is 3. The van der Waals surface area contributed by atoms with Gasteiger partial charge in [0.25, 0.3) is 5.56 Å². The number of aromatic nitrogens is 3. The van der Waals surface area contributed by atoms with Gasteiger partial charge < -0.3 is 4.98 Å². The van der Waals surface area contributed by atoms with Crippen molar-refractivity contribution in [2.24, 2.45) is 0 Å². The number of aryl methyl sites for hydroxylation is 1. The maximum absolute atomic E-state index is 12.0. The summed E-state index contributed by atoms with van der Waals surface area (Å²) >= 11 is 0. The minimum atomic E-state index is -0.748. The van der Waals surface area contributed by atoms with Crippen LogP contribution < -0.4 is 11.2 Å². The second-order valence-corrected chi connectivity index (χ2v) is 4.12. The quantitative estimate of drug-likeness (QED) is 0.798. The van der Waals surface area contributed by atoms with Gasteiger partial charge in [-0.3, -0.25) is 18.7 Å². The van der Waals surface area contributed by atoms with Crippen molar-refractivity contribution in [3.05, 3.63) is 56.6 Å². The van der Waals surface area contributed by atoms with E-state index >= 15 is 0 Å². The van der Waals surface area contributed by atoms with E-state index in [1.165, 1.54) is 10.8 Å². The molecule has 0 aromatic carbocycles. The molecule has 0 aliphatic heterocycles. The Balaban J connectivity index is 2.52. The molecule has 2 rings (SSSR count). The van der Waals surface area contributed by atoms with Gasteiger partial charge in [0, 0.05) is 18.9 Å². The molecular weight excluding hydrogens is 260 g/mol. The molecule has 0 amide bonds. The highest BCUT2D eigenvalue weighted by atomic mass is 16.2. The van der Waals surface area contributed by atoms with E-state index in [0.29, 0.717) is 12.2 Å². The highest BCUT2D eigenvalue weighted by molar-refractivity contribution is 5.94. The summed E-state index contributed by atoms with van der Waals surface area (Å²) in [7, 11) is 0. The topological polar surface area (TPSA) is 101 Å². The lowest BCUT2D eigenvalue weighted by Gasteiger charge is -2.08. The van der Waals surface area contributed by atoms with Crippen LogP contribution in [-0.2, 0) is 13.1 Å². The fraction of sp³-hybridized carbons (Fsp3) is 0.231. The maximum atomic E-state index is 12.0. The lowest BCUT2D eigenvalue weighted by molar-refractivity contribution is 0.0964. The molecule has 1 N–H and O–H groups in total. The Labute approximate surface area is 113 Å². The summed E-state index contributed by atoms with van der Waals surface area (Å²) in [6.45, 7) is 1.63. The lowest BCUT2D eigenvalue weighted by atomic mass is 10.3. The van der Waals surface area contributed by atoms with Crippen LogP contribution in [0.15, 0.2) is 34.1 Å². The largest absolute Gasteiger partial charge is 0.359 e. The number of carbonyl (C=O) groups is 1. The van der Waals surface area contributed by atoms with Crippen LogP contribution in [0.3, 0.4) is 0 Å². The van der Waals surface area contributed by atoms with Gasteiger partial charge in [-0.05, 0) is 19.1 Å². The number of rotatable bonds is 4. The molecule has 0 atom stereocenters. The number of H-pyrrole nitrogens is 1. The lowest BCUT2D eigenvalue weighted by Crippen LogP contribution is -2.42. The van der Waals surface area contributed by atoms with Gasteiger partial charge in [0.1, 0.15) is 11.6 Å². The standard InChI is InChI=1S/C13H12N4O3/c1-2-16-7-9(6-14)12(19)17(13(16)20)8-11(18)10-4-3-5-15-10/h3-5,7,15H,2,8H2,1H3. The molecule has 0 unspecified atom stereocenters. The molecule has 20 heavy (non-hydrogen) atoms. The first-order chi connectivity index (χ1) is 9.58. The molecule has 2 aromatic heterocycles. The van der Waals surface area contributed by atoms with E-state index in [1.54, 1.807) is 31.3 Å². The molecule has 0 spiro atoms. The first-order valence-electron chi connectivity index (χ1n) is 5.99. The van der Waals surface area contributed by atoms with Crippen LogP contribution in [0.1, 0.15) is 23.0 Å². The summed E-state index contributed by atoms with van der Waals surface area (Å²) in [5.41, 5.74) is -1.20. The molecule has 102 valence electrons. The highest BCUT2D eigenvalue weighted by Gasteiger charge is 2.15. The highest BCUT2D eigenvalue weighted by Crippen LogP contribution is 1.97. The molecule has 7 heteroatoms. The molecule has 2 aromatic rings. The molecule has 7 nitrogen and oxygen atoms in total. The SMILES string of the molecule is CCn1cc(C#N)c(=O)n(CC(=O)c2ccc[nH]2)c1=O. The second kappa shape index (κ2) is 5.40. The Morgan fingerprint density at radius 3 is 2.75 bits per heavy atom. The molecule has 0 saturated heterocycles.